The molecule has 1 saturated heterocycles. The molecule has 1 fully saturated rings. The SMILES string of the molecule is Cc1cc(C2CNCCO2)ccc1-c1nc(C(N)=O)cs1.Cl. The van der Waals surface area contributed by atoms with Gasteiger partial charge in [-0.1, -0.05) is 18.2 Å². The molecule has 7 heteroatoms. The number of nitrogens with zero attached hydrogens (tertiary/aromatic N) is 1. The van der Waals surface area contributed by atoms with E-state index in [1.807, 2.05) is 13.0 Å². The van der Waals surface area contributed by atoms with Crippen LogP contribution in [0.3, 0.4) is 0 Å². The number of halogens is 1. The smallest absolute Gasteiger partial charge is 0.268 e. The molecule has 1 unspecified atom stereocenters. The molecule has 118 valence electrons. The van der Waals surface area contributed by atoms with Gasteiger partial charge >= 0.3 is 0 Å². The highest BCUT2D eigenvalue weighted by molar-refractivity contribution is 7.13. The van der Waals surface area contributed by atoms with Gasteiger partial charge in [0.1, 0.15) is 10.7 Å². The van der Waals surface area contributed by atoms with Crippen molar-refractivity contribution in [2.45, 2.75) is 13.0 Å². The number of hydrogen-bond donors (Lipinski definition) is 2. The molecule has 0 radical (unpaired) electrons. The number of nitrogens with two attached hydrogens (primary N) is 1. The molecule has 22 heavy (non-hydrogen) atoms. The lowest BCUT2D eigenvalue weighted by atomic mass is 10.0. The van der Waals surface area contributed by atoms with Crippen molar-refractivity contribution in [1.29, 1.82) is 0 Å². The minimum Gasteiger partial charge on any atom is -0.371 e. The number of amides is 1. The number of primary amides is 1. The number of carbonyl (C=O) groups is 1. The van der Waals surface area contributed by atoms with Crippen LogP contribution < -0.4 is 11.1 Å². The number of benzene rings is 1. The van der Waals surface area contributed by atoms with Crippen LogP contribution >= 0.6 is 23.7 Å². The Labute approximate surface area is 139 Å². The van der Waals surface area contributed by atoms with Crippen LogP contribution in [0.25, 0.3) is 10.6 Å². The van der Waals surface area contributed by atoms with Crippen molar-refractivity contribution in [2.24, 2.45) is 5.73 Å². The monoisotopic (exact) mass is 339 g/mol. The van der Waals surface area contributed by atoms with E-state index in [0.717, 1.165) is 41.4 Å². The van der Waals surface area contributed by atoms with Crippen LogP contribution in [0.4, 0.5) is 0 Å². The second kappa shape index (κ2) is 7.19. The number of thiazole rings is 1. The van der Waals surface area contributed by atoms with Gasteiger partial charge in [0.2, 0.25) is 0 Å². The summed E-state index contributed by atoms with van der Waals surface area (Å²) in [4.78, 5) is 15.4. The van der Waals surface area contributed by atoms with E-state index in [2.05, 4.69) is 22.4 Å². The number of morpholine rings is 1. The highest BCUT2D eigenvalue weighted by Gasteiger charge is 2.17. The predicted octanol–water partition coefficient (Wildman–Crippen LogP) is 2.30. The molecule has 1 aliphatic heterocycles. The molecule has 3 rings (SSSR count). The minimum atomic E-state index is -0.492. The Balaban J connectivity index is 0.00000176. The van der Waals surface area contributed by atoms with Crippen molar-refractivity contribution < 1.29 is 9.53 Å². The standard InChI is InChI=1S/C15H17N3O2S.ClH/c1-9-6-10(13-7-17-4-5-20-13)2-3-11(9)15-18-12(8-21-15)14(16)19;/h2-3,6,8,13,17H,4-5,7H2,1H3,(H2,16,19);1H. The van der Waals surface area contributed by atoms with Gasteiger partial charge in [-0.15, -0.1) is 23.7 Å². The van der Waals surface area contributed by atoms with Crippen LogP contribution in [0.15, 0.2) is 23.6 Å². The first kappa shape index (κ1) is 16.9. The number of aryl methyl sites for hydroxylation is 1. The molecule has 5 nitrogen and oxygen atoms in total. The number of carbonyl (C=O) groups excluding carboxylic acids is 1. The molecule has 1 atom stereocenters. The highest BCUT2D eigenvalue weighted by Crippen LogP contribution is 2.30. The second-order valence-electron chi connectivity index (χ2n) is 5.04. The van der Waals surface area contributed by atoms with E-state index in [0.29, 0.717) is 5.69 Å². The van der Waals surface area contributed by atoms with E-state index in [1.165, 1.54) is 11.3 Å². The number of ether oxygens (including phenoxy) is 1. The summed E-state index contributed by atoms with van der Waals surface area (Å²) < 4.78 is 5.76. The zero-order valence-corrected chi connectivity index (χ0v) is 13.8. The Morgan fingerprint density at radius 1 is 1.50 bits per heavy atom. The Hall–Kier alpha value is -1.47. The molecule has 3 N–H and O–H groups in total. The van der Waals surface area contributed by atoms with Gasteiger partial charge in [0, 0.05) is 24.0 Å². The van der Waals surface area contributed by atoms with Crippen LogP contribution in [0.2, 0.25) is 0 Å². The summed E-state index contributed by atoms with van der Waals surface area (Å²) in [5, 5.41) is 5.84. The summed E-state index contributed by atoms with van der Waals surface area (Å²) in [5.41, 5.74) is 8.87. The van der Waals surface area contributed by atoms with Gasteiger partial charge in [-0.25, -0.2) is 4.98 Å². The summed E-state index contributed by atoms with van der Waals surface area (Å²) in [5.74, 6) is -0.492. The van der Waals surface area contributed by atoms with Gasteiger partial charge < -0.3 is 15.8 Å². The molecule has 1 aromatic carbocycles. The topological polar surface area (TPSA) is 77.2 Å². The molecular weight excluding hydrogens is 322 g/mol. The van der Waals surface area contributed by atoms with Crippen LogP contribution in [-0.4, -0.2) is 30.6 Å². The molecule has 1 aliphatic rings. The lowest BCUT2D eigenvalue weighted by Crippen LogP contribution is -2.33. The Morgan fingerprint density at radius 3 is 2.91 bits per heavy atom. The van der Waals surface area contributed by atoms with Crippen molar-refractivity contribution in [2.75, 3.05) is 19.7 Å². The zero-order valence-electron chi connectivity index (χ0n) is 12.2. The number of aromatic nitrogens is 1. The summed E-state index contributed by atoms with van der Waals surface area (Å²) in [6.45, 7) is 4.52. The molecular formula is C15H18ClN3O2S. The Morgan fingerprint density at radius 2 is 2.32 bits per heavy atom. The third-order valence-corrected chi connectivity index (χ3v) is 4.41. The molecule has 0 saturated carbocycles. The van der Waals surface area contributed by atoms with Crippen LogP contribution in [0.1, 0.15) is 27.7 Å². The molecule has 2 aromatic rings. The largest absolute Gasteiger partial charge is 0.371 e. The van der Waals surface area contributed by atoms with Crippen molar-refractivity contribution in [3.05, 3.63) is 40.4 Å². The number of nitrogens with one attached hydrogen (secondary N) is 1. The van der Waals surface area contributed by atoms with Crippen molar-refractivity contribution in [1.82, 2.24) is 10.3 Å². The van der Waals surface area contributed by atoms with E-state index in [-0.39, 0.29) is 18.5 Å². The lowest BCUT2D eigenvalue weighted by Gasteiger charge is -2.24. The molecule has 1 aromatic heterocycles. The fourth-order valence-corrected chi connectivity index (χ4v) is 3.32. The van der Waals surface area contributed by atoms with Crippen molar-refractivity contribution >= 4 is 29.7 Å². The maximum Gasteiger partial charge on any atom is 0.268 e. The predicted molar refractivity (Wildman–Crippen MR) is 89.6 cm³/mol. The van der Waals surface area contributed by atoms with Crippen molar-refractivity contribution in [3.8, 4) is 10.6 Å². The fraction of sp³-hybridized carbons (Fsp3) is 0.333. The van der Waals surface area contributed by atoms with Gasteiger partial charge in [0.15, 0.2) is 0 Å². The van der Waals surface area contributed by atoms with Crippen molar-refractivity contribution in [3.63, 3.8) is 0 Å². The molecule has 0 bridgehead atoms. The molecule has 1 amide bonds. The van der Waals surface area contributed by atoms with E-state index < -0.39 is 5.91 Å². The first-order valence-corrected chi connectivity index (χ1v) is 7.71. The second-order valence-corrected chi connectivity index (χ2v) is 5.90. The Bertz CT molecular complexity index is 669. The van der Waals surface area contributed by atoms with Gasteiger partial charge in [0.05, 0.1) is 12.7 Å². The number of rotatable bonds is 3. The van der Waals surface area contributed by atoms with E-state index >= 15 is 0 Å². The third kappa shape index (κ3) is 3.47. The van der Waals surface area contributed by atoms with Gasteiger partial charge in [-0.3, -0.25) is 4.79 Å². The first-order valence-electron chi connectivity index (χ1n) is 6.83. The summed E-state index contributed by atoms with van der Waals surface area (Å²) in [7, 11) is 0. The quantitative estimate of drug-likeness (QED) is 0.899. The van der Waals surface area contributed by atoms with E-state index in [4.69, 9.17) is 10.5 Å². The fourth-order valence-electron chi connectivity index (χ4n) is 2.42. The average molecular weight is 340 g/mol. The normalized spacial score (nSPS) is 17.8. The summed E-state index contributed by atoms with van der Waals surface area (Å²) in [6, 6.07) is 6.22. The van der Waals surface area contributed by atoms with E-state index in [1.54, 1.807) is 5.38 Å². The van der Waals surface area contributed by atoms with Crippen LogP contribution in [0, 0.1) is 6.92 Å². The zero-order chi connectivity index (χ0) is 14.8. The van der Waals surface area contributed by atoms with E-state index in [9.17, 15) is 4.79 Å². The third-order valence-electron chi connectivity index (χ3n) is 3.54. The first-order chi connectivity index (χ1) is 10.1. The lowest BCUT2D eigenvalue weighted by molar-refractivity contribution is 0.0277. The molecule has 0 aliphatic carbocycles. The summed E-state index contributed by atoms with van der Waals surface area (Å²) in [6.07, 6.45) is 0.101. The number of hydrogen-bond acceptors (Lipinski definition) is 5. The molecule has 2 heterocycles. The maximum atomic E-state index is 11.1. The van der Waals surface area contributed by atoms with Crippen LogP contribution in [-0.2, 0) is 4.74 Å². The minimum absolute atomic E-state index is 0. The highest BCUT2D eigenvalue weighted by atomic mass is 35.5. The Kier molecular flexibility index (Phi) is 5.52. The average Bonchev–Trinajstić information content (AvgIpc) is 2.98. The van der Waals surface area contributed by atoms with Crippen LogP contribution in [0.5, 0.6) is 0 Å². The van der Waals surface area contributed by atoms with Gasteiger partial charge in [-0.2, -0.15) is 0 Å². The maximum absolute atomic E-state index is 11.1. The van der Waals surface area contributed by atoms with Gasteiger partial charge in [-0.05, 0) is 18.1 Å². The van der Waals surface area contributed by atoms with Gasteiger partial charge in [0.25, 0.3) is 5.91 Å². The summed E-state index contributed by atoms with van der Waals surface area (Å²) >= 11 is 1.43. The molecule has 0 spiro atoms.